The maximum absolute atomic E-state index is 6.17. The largest absolute Gasteiger partial charge is 0.493 e. The van der Waals surface area contributed by atoms with Gasteiger partial charge in [-0.3, -0.25) is 11.3 Å². The normalized spacial score (nSPS) is 14.9. The smallest absolute Gasteiger partial charge is 0.125 e. The van der Waals surface area contributed by atoms with Crippen LogP contribution in [0.2, 0.25) is 5.02 Å². The van der Waals surface area contributed by atoms with E-state index >= 15 is 0 Å². The SMILES string of the molecule is CCCOCCC(Cc1cc(Cl)cc2c1OCC2)NN. The second-order valence-electron chi connectivity index (χ2n) is 5.12. The average molecular weight is 299 g/mol. The van der Waals surface area contributed by atoms with E-state index in [4.69, 9.17) is 26.9 Å². The number of ether oxygens (including phenoxy) is 2. The van der Waals surface area contributed by atoms with Crippen LogP contribution in [0.4, 0.5) is 0 Å². The Morgan fingerprint density at radius 3 is 3.05 bits per heavy atom. The lowest BCUT2D eigenvalue weighted by Crippen LogP contribution is -2.37. The lowest BCUT2D eigenvalue weighted by atomic mass is 10.0. The van der Waals surface area contributed by atoms with Crippen molar-refractivity contribution in [3.8, 4) is 5.75 Å². The average Bonchev–Trinajstić information content (AvgIpc) is 2.90. The molecule has 1 aromatic carbocycles. The van der Waals surface area contributed by atoms with Crippen molar-refractivity contribution in [2.75, 3.05) is 19.8 Å². The first-order chi connectivity index (χ1) is 9.74. The van der Waals surface area contributed by atoms with E-state index in [9.17, 15) is 0 Å². The van der Waals surface area contributed by atoms with Crippen molar-refractivity contribution in [1.82, 2.24) is 5.43 Å². The summed E-state index contributed by atoms with van der Waals surface area (Å²) in [7, 11) is 0. The minimum atomic E-state index is 0.165. The zero-order valence-corrected chi connectivity index (χ0v) is 12.7. The molecule has 0 amide bonds. The summed E-state index contributed by atoms with van der Waals surface area (Å²) in [4.78, 5) is 0. The number of rotatable bonds is 8. The fraction of sp³-hybridized carbons (Fsp3) is 0.600. The van der Waals surface area contributed by atoms with Crippen LogP contribution in [0, 0.1) is 0 Å². The van der Waals surface area contributed by atoms with Crippen LogP contribution >= 0.6 is 11.6 Å². The molecule has 2 rings (SSSR count). The molecule has 1 unspecified atom stereocenters. The summed E-state index contributed by atoms with van der Waals surface area (Å²) in [5.41, 5.74) is 5.19. The van der Waals surface area contributed by atoms with Crippen molar-refractivity contribution in [2.24, 2.45) is 5.84 Å². The lowest BCUT2D eigenvalue weighted by molar-refractivity contribution is 0.124. The highest BCUT2D eigenvalue weighted by Gasteiger charge is 2.19. The van der Waals surface area contributed by atoms with Crippen molar-refractivity contribution >= 4 is 11.6 Å². The maximum atomic E-state index is 6.17. The molecule has 1 aliphatic rings. The number of nitrogens with one attached hydrogen (secondary N) is 1. The Morgan fingerprint density at radius 2 is 2.30 bits per heavy atom. The standard InChI is InChI=1S/C15H23ClN2O2/c1-2-5-19-6-4-14(18-17)10-12-9-13(16)8-11-3-7-20-15(11)12/h8-9,14,18H,2-7,10,17H2,1H3. The number of fused-ring (bicyclic) bond motifs is 1. The Labute approximate surface area is 125 Å². The molecule has 1 heterocycles. The van der Waals surface area contributed by atoms with E-state index in [-0.39, 0.29) is 6.04 Å². The number of nitrogens with two attached hydrogens (primary N) is 1. The minimum absolute atomic E-state index is 0.165. The molecule has 0 aromatic heterocycles. The molecule has 20 heavy (non-hydrogen) atoms. The fourth-order valence-corrected chi connectivity index (χ4v) is 2.74. The summed E-state index contributed by atoms with van der Waals surface area (Å²) >= 11 is 6.17. The van der Waals surface area contributed by atoms with Crippen LogP contribution in [0.3, 0.4) is 0 Å². The van der Waals surface area contributed by atoms with E-state index in [0.717, 1.165) is 55.2 Å². The molecule has 0 fully saturated rings. The fourth-order valence-electron chi connectivity index (χ4n) is 2.48. The van der Waals surface area contributed by atoms with E-state index in [2.05, 4.69) is 12.3 Å². The molecule has 0 saturated heterocycles. The topological polar surface area (TPSA) is 56.5 Å². The van der Waals surface area contributed by atoms with Gasteiger partial charge in [-0.15, -0.1) is 0 Å². The van der Waals surface area contributed by atoms with Gasteiger partial charge in [-0.2, -0.15) is 0 Å². The van der Waals surface area contributed by atoms with Gasteiger partial charge in [0.1, 0.15) is 5.75 Å². The minimum Gasteiger partial charge on any atom is -0.493 e. The Kier molecular flexibility index (Phi) is 6.10. The molecule has 0 radical (unpaired) electrons. The molecule has 0 saturated carbocycles. The molecular weight excluding hydrogens is 276 g/mol. The van der Waals surface area contributed by atoms with Gasteiger partial charge >= 0.3 is 0 Å². The number of halogens is 1. The molecule has 0 spiro atoms. The summed E-state index contributed by atoms with van der Waals surface area (Å²) in [5.74, 6) is 6.63. The molecule has 4 nitrogen and oxygen atoms in total. The van der Waals surface area contributed by atoms with Crippen molar-refractivity contribution in [3.05, 3.63) is 28.3 Å². The lowest BCUT2D eigenvalue weighted by Gasteiger charge is -2.18. The van der Waals surface area contributed by atoms with Gasteiger partial charge in [-0.1, -0.05) is 18.5 Å². The molecule has 1 aromatic rings. The van der Waals surface area contributed by atoms with Gasteiger partial charge in [0.2, 0.25) is 0 Å². The van der Waals surface area contributed by atoms with E-state index in [1.54, 1.807) is 0 Å². The molecule has 5 heteroatoms. The third-order valence-electron chi connectivity index (χ3n) is 3.49. The van der Waals surface area contributed by atoms with E-state index < -0.39 is 0 Å². The van der Waals surface area contributed by atoms with Gasteiger partial charge in [0.05, 0.1) is 6.61 Å². The second-order valence-corrected chi connectivity index (χ2v) is 5.56. The molecule has 0 aliphatic carbocycles. The van der Waals surface area contributed by atoms with Crippen LogP contribution in [0.15, 0.2) is 12.1 Å². The number of benzene rings is 1. The van der Waals surface area contributed by atoms with Crippen LogP contribution in [0.25, 0.3) is 0 Å². The predicted molar refractivity (Wildman–Crippen MR) is 81.2 cm³/mol. The maximum Gasteiger partial charge on any atom is 0.125 e. The molecular formula is C15H23ClN2O2. The zero-order chi connectivity index (χ0) is 14.4. The predicted octanol–water partition coefficient (Wildman–Crippen LogP) is 2.47. The first-order valence-corrected chi connectivity index (χ1v) is 7.60. The molecule has 1 aliphatic heterocycles. The highest BCUT2D eigenvalue weighted by molar-refractivity contribution is 6.30. The summed E-state index contributed by atoms with van der Waals surface area (Å²) in [6.07, 6.45) is 3.65. The summed E-state index contributed by atoms with van der Waals surface area (Å²) < 4.78 is 11.2. The Morgan fingerprint density at radius 1 is 1.45 bits per heavy atom. The van der Waals surface area contributed by atoms with E-state index in [0.29, 0.717) is 6.61 Å². The van der Waals surface area contributed by atoms with E-state index in [1.807, 2.05) is 12.1 Å². The van der Waals surface area contributed by atoms with Crippen molar-refractivity contribution < 1.29 is 9.47 Å². The third kappa shape index (κ3) is 4.09. The quantitative estimate of drug-likeness (QED) is 0.440. The van der Waals surface area contributed by atoms with Crippen LogP contribution in [-0.4, -0.2) is 25.9 Å². The third-order valence-corrected chi connectivity index (χ3v) is 3.70. The summed E-state index contributed by atoms with van der Waals surface area (Å²) in [5, 5.41) is 0.766. The van der Waals surface area contributed by atoms with Crippen LogP contribution in [0.5, 0.6) is 5.75 Å². The van der Waals surface area contributed by atoms with E-state index in [1.165, 1.54) is 5.56 Å². The highest BCUT2D eigenvalue weighted by atomic mass is 35.5. The molecule has 0 bridgehead atoms. The van der Waals surface area contributed by atoms with Gasteiger partial charge in [-0.25, -0.2) is 0 Å². The second kappa shape index (κ2) is 7.84. The van der Waals surface area contributed by atoms with Crippen LogP contribution < -0.4 is 16.0 Å². The van der Waals surface area contributed by atoms with Gasteiger partial charge < -0.3 is 9.47 Å². The number of hydrogen-bond donors (Lipinski definition) is 2. The van der Waals surface area contributed by atoms with Gasteiger partial charge in [-0.05, 0) is 42.5 Å². The van der Waals surface area contributed by atoms with Crippen molar-refractivity contribution in [1.29, 1.82) is 0 Å². The first kappa shape index (κ1) is 15.6. The monoisotopic (exact) mass is 298 g/mol. The summed E-state index contributed by atoms with van der Waals surface area (Å²) in [6, 6.07) is 4.13. The van der Waals surface area contributed by atoms with Crippen LogP contribution in [-0.2, 0) is 17.6 Å². The number of hydrazine groups is 1. The van der Waals surface area contributed by atoms with Crippen LogP contribution in [0.1, 0.15) is 30.9 Å². The molecule has 3 N–H and O–H groups in total. The Hall–Kier alpha value is -0.810. The molecule has 1 atom stereocenters. The Balaban J connectivity index is 1.97. The first-order valence-electron chi connectivity index (χ1n) is 7.22. The van der Waals surface area contributed by atoms with Crippen molar-refractivity contribution in [2.45, 2.75) is 38.6 Å². The zero-order valence-electron chi connectivity index (χ0n) is 12.0. The van der Waals surface area contributed by atoms with Gasteiger partial charge in [0.25, 0.3) is 0 Å². The highest BCUT2D eigenvalue weighted by Crippen LogP contribution is 2.33. The Bertz CT molecular complexity index is 440. The van der Waals surface area contributed by atoms with Gasteiger partial charge in [0, 0.05) is 30.7 Å². The summed E-state index contributed by atoms with van der Waals surface area (Å²) in [6.45, 7) is 4.35. The molecule has 112 valence electrons. The van der Waals surface area contributed by atoms with Crippen molar-refractivity contribution in [3.63, 3.8) is 0 Å². The van der Waals surface area contributed by atoms with Gasteiger partial charge in [0.15, 0.2) is 0 Å². The number of hydrogen-bond acceptors (Lipinski definition) is 4.